The normalized spacial score (nSPS) is 14.1. The van der Waals surface area contributed by atoms with Gasteiger partial charge in [-0.1, -0.05) is 42.5 Å². The zero-order chi connectivity index (χ0) is 25.4. The quantitative estimate of drug-likeness (QED) is 0.441. The molecule has 0 spiro atoms. The summed E-state index contributed by atoms with van der Waals surface area (Å²) in [7, 11) is 0. The lowest BCUT2D eigenvalue weighted by atomic mass is 9.94. The van der Waals surface area contributed by atoms with Crippen LogP contribution in [0.1, 0.15) is 38.8 Å². The Bertz CT molecular complexity index is 1280. The van der Waals surface area contributed by atoms with Gasteiger partial charge in [0.05, 0.1) is 0 Å². The number of ether oxygens (including phenoxy) is 2. The van der Waals surface area contributed by atoms with Gasteiger partial charge in [-0.15, -0.1) is 0 Å². The molecule has 0 atom stereocenters. The molecule has 6 heteroatoms. The molecule has 0 radical (unpaired) electrons. The molecule has 35 heavy (non-hydrogen) atoms. The molecule has 6 nitrogen and oxygen atoms in total. The Labute approximate surface area is 207 Å². The van der Waals surface area contributed by atoms with Crippen molar-refractivity contribution >= 4 is 11.8 Å². The smallest absolute Gasteiger partial charge is 0.172 e. The van der Waals surface area contributed by atoms with E-state index in [4.69, 9.17) is 9.47 Å². The molecular formula is C29H28N4O2. The molecular weight excluding hydrogens is 436 g/mol. The van der Waals surface area contributed by atoms with Gasteiger partial charge in [-0.3, -0.25) is 0 Å². The predicted octanol–water partition coefficient (Wildman–Crippen LogP) is 6.06. The lowest BCUT2D eigenvalue weighted by molar-refractivity contribution is 0.0954. The van der Waals surface area contributed by atoms with Crippen molar-refractivity contribution < 1.29 is 9.47 Å². The van der Waals surface area contributed by atoms with Crippen molar-refractivity contribution in [1.82, 2.24) is 0 Å². The van der Waals surface area contributed by atoms with Crippen molar-refractivity contribution in [3.8, 4) is 24.0 Å². The molecule has 0 saturated carbocycles. The van der Waals surface area contributed by atoms with Crippen LogP contribution in [0.15, 0.2) is 77.1 Å². The molecule has 0 aromatic heterocycles. The van der Waals surface area contributed by atoms with Crippen LogP contribution < -0.4 is 9.64 Å². The van der Waals surface area contributed by atoms with E-state index in [1.807, 2.05) is 66.7 Å². The van der Waals surface area contributed by atoms with Crippen LogP contribution in [0, 0.1) is 34.0 Å². The Morgan fingerprint density at radius 1 is 1.00 bits per heavy atom. The summed E-state index contributed by atoms with van der Waals surface area (Å²) in [6.45, 7) is 10.0. The first-order chi connectivity index (χ1) is 16.9. The van der Waals surface area contributed by atoms with Gasteiger partial charge in [0.2, 0.25) is 0 Å². The first-order valence-corrected chi connectivity index (χ1v) is 11.5. The summed E-state index contributed by atoms with van der Waals surface area (Å²) < 4.78 is 12.1. The summed E-state index contributed by atoms with van der Waals surface area (Å²) in [6.07, 6.45) is 3.69. The van der Waals surface area contributed by atoms with Crippen molar-refractivity contribution in [2.24, 2.45) is 0 Å². The predicted molar refractivity (Wildman–Crippen MR) is 136 cm³/mol. The van der Waals surface area contributed by atoms with E-state index >= 15 is 0 Å². The van der Waals surface area contributed by atoms with Crippen LogP contribution >= 0.6 is 0 Å². The van der Waals surface area contributed by atoms with E-state index in [2.05, 4.69) is 24.8 Å². The summed E-state index contributed by atoms with van der Waals surface area (Å²) in [4.78, 5) is 2.25. The van der Waals surface area contributed by atoms with Crippen molar-refractivity contribution in [3.63, 3.8) is 0 Å². The van der Waals surface area contributed by atoms with Gasteiger partial charge in [0.25, 0.3) is 0 Å². The highest BCUT2D eigenvalue weighted by atomic mass is 16.5. The van der Waals surface area contributed by atoms with E-state index in [1.54, 1.807) is 19.9 Å². The van der Waals surface area contributed by atoms with Gasteiger partial charge in [0.1, 0.15) is 41.7 Å². The maximum absolute atomic E-state index is 9.79. The van der Waals surface area contributed by atoms with Gasteiger partial charge in [0, 0.05) is 36.0 Å². The highest BCUT2D eigenvalue weighted by molar-refractivity contribution is 5.68. The maximum Gasteiger partial charge on any atom is 0.172 e. The topological polar surface area (TPSA) is 93.1 Å². The van der Waals surface area contributed by atoms with Crippen LogP contribution in [0.5, 0.6) is 5.75 Å². The fourth-order valence-electron chi connectivity index (χ4n) is 3.96. The third-order valence-corrected chi connectivity index (χ3v) is 5.86. The summed E-state index contributed by atoms with van der Waals surface area (Å²) in [5.41, 5.74) is 2.67. The van der Waals surface area contributed by atoms with E-state index in [0.29, 0.717) is 12.2 Å². The largest absolute Gasteiger partial charge is 0.488 e. The number of hydrogen-bond donors (Lipinski definition) is 0. The number of allylic oxidation sites excluding steroid dienone is 2. The fourth-order valence-corrected chi connectivity index (χ4v) is 3.96. The van der Waals surface area contributed by atoms with Gasteiger partial charge in [0.15, 0.2) is 11.3 Å². The summed E-state index contributed by atoms with van der Waals surface area (Å²) in [6, 6.07) is 21.8. The molecule has 0 unspecified atom stereocenters. The van der Waals surface area contributed by atoms with Gasteiger partial charge in [-0.05, 0) is 45.4 Å². The Morgan fingerprint density at radius 3 is 2.29 bits per heavy atom. The second-order valence-corrected chi connectivity index (χ2v) is 8.44. The highest BCUT2D eigenvalue weighted by Crippen LogP contribution is 2.40. The molecule has 176 valence electrons. The molecule has 0 amide bonds. The molecule has 1 aliphatic heterocycles. The molecule has 1 heterocycles. The second kappa shape index (κ2) is 11.1. The molecule has 0 N–H and O–H groups in total. The fraction of sp³-hybridized carbons (Fsp3) is 0.276. The number of hydrogen-bond acceptors (Lipinski definition) is 6. The SMILES string of the molecule is CCN(CC)c1ccc(/C=C/C2=C(C#N)C(=C(C#N)C#N)OC2(C)C)c(OCc2ccccc2)c1. The minimum atomic E-state index is -0.873. The van der Waals surface area contributed by atoms with Crippen LogP contribution in [-0.2, 0) is 11.3 Å². The molecule has 0 bridgehead atoms. The number of benzene rings is 2. The van der Waals surface area contributed by atoms with Crippen LogP contribution in [0.2, 0.25) is 0 Å². The van der Waals surface area contributed by atoms with Gasteiger partial charge in [-0.2, -0.15) is 15.8 Å². The van der Waals surface area contributed by atoms with E-state index in [-0.39, 0.29) is 16.9 Å². The van der Waals surface area contributed by atoms with Crippen molar-refractivity contribution in [2.45, 2.75) is 39.9 Å². The Morgan fingerprint density at radius 2 is 1.69 bits per heavy atom. The molecule has 2 aromatic rings. The number of rotatable bonds is 8. The van der Waals surface area contributed by atoms with E-state index in [0.717, 1.165) is 35.7 Å². The van der Waals surface area contributed by atoms with E-state index in [9.17, 15) is 15.8 Å². The summed E-state index contributed by atoms with van der Waals surface area (Å²) in [5.74, 6) is 0.746. The van der Waals surface area contributed by atoms with Crippen molar-refractivity contribution in [3.05, 3.63) is 88.2 Å². The first-order valence-electron chi connectivity index (χ1n) is 11.5. The van der Waals surface area contributed by atoms with Gasteiger partial charge in [-0.25, -0.2) is 0 Å². The zero-order valence-electron chi connectivity index (χ0n) is 20.5. The van der Waals surface area contributed by atoms with Crippen LogP contribution in [0.4, 0.5) is 5.69 Å². The number of nitriles is 3. The Hall–Kier alpha value is -4.47. The van der Waals surface area contributed by atoms with Crippen LogP contribution in [0.25, 0.3) is 6.08 Å². The third kappa shape index (κ3) is 5.55. The van der Waals surface area contributed by atoms with Crippen molar-refractivity contribution in [1.29, 1.82) is 15.8 Å². The third-order valence-electron chi connectivity index (χ3n) is 5.86. The van der Waals surface area contributed by atoms with Crippen molar-refractivity contribution in [2.75, 3.05) is 18.0 Å². The standard InChI is InChI=1S/C29H28N4O2/c1-5-33(6-2)24-14-12-22(27(16-24)34-20-21-10-8-7-9-11-21)13-15-26-25(19-32)28(23(17-30)18-31)35-29(26,3)4/h7-16H,5-6,20H2,1-4H3/b15-13+. The molecule has 2 aromatic carbocycles. The summed E-state index contributed by atoms with van der Waals surface area (Å²) >= 11 is 0. The highest BCUT2D eigenvalue weighted by Gasteiger charge is 2.38. The lowest BCUT2D eigenvalue weighted by Gasteiger charge is -2.23. The first kappa shape index (κ1) is 25.2. The Kier molecular flexibility index (Phi) is 7.98. The molecule has 0 saturated heterocycles. The lowest BCUT2D eigenvalue weighted by Crippen LogP contribution is -2.21. The molecule has 1 aliphatic rings. The average molecular weight is 465 g/mol. The molecule has 0 aliphatic carbocycles. The zero-order valence-corrected chi connectivity index (χ0v) is 20.5. The van der Waals surface area contributed by atoms with Crippen LogP contribution in [-0.4, -0.2) is 18.7 Å². The molecule has 3 rings (SSSR count). The summed E-state index contributed by atoms with van der Waals surface area (Å²) in [5, 5.41) is 28.4. The maximum atomic E-state index is 9.79. The van der Waals surface area contributed by atoms with Gasteiger partial charge >= 0.3 is 0 Å². The molecule has 0 fully saturated rings. The second-order valence-electron chi connectivity index (χ2n) is 8.44. The average Bonchev–Trinajstić information content (AvgIpc) is 3.13. The van der Waals surface area contributed by atoms with Gasteiger partial charge < -0.3 is 14.4 Å². The monoisotopic (exact) mass is 464 g/mol. The van der Waals surface area contributed by atoms with E-state index < -0.39 is 5.60 Å². The number of anilines is 1. The number of nitrogens with zero attached hydrogens (tertiary/aromatic N) is 4. The minimum absolute atomic E-state index is 0.0274. The van der Waals surface area contributed by atoms with Crippen LogP contribution in [0.3, 0.4) is 0 Å². The minimum Gasteiger partial charge on any atom is -0.488 e. The Balaban J connectivity index is 2.04. The van der Waals surface area contributed by atoms with E-state index in [1.165, 1.54) is 0 Å².